The topological polar surface area (TPSA) is 87.6 Å². The van der Waals surface area contributed by atoms with Gasteiger partial charge in [0.05, 0.1) is 14.2 Å². The molecular weight excluding hydrogens is 354 g/mol. The second-order valence-corrected chi connectivity index (χ2v) is 6.37. The SMILES string of the molecule is COc1cc(Cc2nc3c(-c4cccc(CN)c4)nccn3n2)cc(OC)c1. The highest BCUT2D eigenvalue weighted by Gasteiger charge is 2.13. The highest BCUT2D eigenvalue weighted by Crippen LogP contribution is 2.25. The molecule has 0 unspecified atom stereocenters. The van der Waals surface area contributed by atoms with E-state index >= 15 is 0 Å². The summed E-state index contributed by atoms with van der Waals surface area (Å²) in [6, 6.07) is 13.8. The van der Waals surface area contributed by atoms with Gasteiger partial charge in [-0.15, -0.1) is 0 Å². The Hall–Kier alpha value is -3.45. The molecule has 2 aromatic heterocycles. The fourth-order valence-electron chi connectivity index (χ4n) is 3.14. The summed E-state index contributed by atoms with van der Waals surface area (Å²) in [4.78, 5) is 9.25. The zero-order valence-corrected chi connectivity index (χ0v) is 15.8. The third kappa shape index (κ3) is 3.52. The maximum atomic E-state index is 5.77. The first-order valence-electron chi connectivity index (χ1n) is 8.91. The van der Waals surface area contributed by atoms with E-state index < -0.39 is 0 Å². The lowest BCUT2D eigenvalue weighted by atomic mass is 10.1. The minimum Gasteiger partial charge on any atom is -0.497 e. The summed E-state index contributed by atoms with van der Waals surface area (Å²) >= 11 is 0. The molecule has 142 valence electrons. The van der Waals surface area contributed by atoms with Crippen LogP contribution >= 0.6 is 0 Å². The Kier molecular flexibility index (Phi) is 4.90. The van der Waals surface area contributed by atoms with Crippen LogP contribution in [0.25, 0.3) is 16.9 Å². The molecule has 0 atom stereocenters. The van der Waals surface area contributed by atoms with Crippen LogP contribution in [-0.4, -0.2) is 33.8 Å². The normalized spacial score (nSPS) is 11.0. The lowest BCUT2D eigenvalue weighted by Crippen LogP contribution is -1.97. The average Bonchev–Trinajstić information content (AvgIpc) is 3.15. The van der Waals surface area contributed by atoms with Crippen LogP contribution in [0.4, 0.5) is 0 Å². The summed E-state index contributed by atoms with van der Waals surface area (Å²) in [6.45, 7) is 0.479. The van der Waals surface area contributed by atoms with Gasteiger partial charge in [-0.3, -0.25) is 4.98 Å². The summed E-state index contributed by atoms with van der Waals surface area (Å²) in [5.74, 6) is 2.16. The zero-order chi connectivity index (χ0) is 19.5. The maximum Gasteiger partial charge on any atom is 0.181 e. The molecule has 0 saturated heterocycles. The van der Waals surface area contributed by atoms with Crippen molar-refractivity contribution in [1.82, 2.24) is 19.6 Å². The van der Waals surface area contributed by atoms with Crippen molar-refractivity contribution in [3.8, 4) is 22.8 Å². The first-order chi connectivity index (χ1) is 13.7. The van der Waals surface area contributed by atoms with Crippen molar-refractivity contribution < 1.29 is 9.47 Å². The van der Waals surface area contributed by atoms with Gasteiger partial charge in [0.1, 0.15) is 17.2 Å². The molecule has 4 aromatic rings. The fourth-order valence-corrected chi connectivity index (χ4v) is 3.14. The molecule has 0 fully saturated rings. The largest absolute Gasteiger partial charge is 0.497 e. The van der Waals surface area contributed by atoms with Crippen LogP contribution in [0.3, 0.4) is 0 Å². The number of ether oxygens (including phenoxy) is 2. The molecule has 2 heterocycles. The van der Waals surface area contributed by atoms with E-state index in [4.69, 9.17) is 20.2 Å². The van der Waals surface area contributed by atoms with Crippen LogP contribution in [0.15, 0.2) is 54.9 Å². The Labute approximate surface area is 162 Å². The molecule has 7 heteroatoms. The van der Waals surface area contributed by atoms with Crippen molar-refractivity contribution in [2.45, 2.75) is 13.0 Å². The Morgan fingerprint density at radius 3 is 2.50 bits per heavy atom. The number of hydrogen-bond donors (Lipinski definition) is 1. The summed E-state index contributed by atoms with van der Waals surface area (Å²) < 4.78 is 12.4. The summed E-state index contributed by atoms with van der Waals surface area (Å²) in [5, 5.41) is 4.61. The number of methoxy groups -OCH3 is 2. The van der Waals surface area contributed by atoms with E-state index in [0.29, 0.717) is 24.4 Å². The highest BCUT2D eigenvalue weighted by molar-refractivity contribution is 5.73. The lowest BCUT2D eigenvalue weighted by molar-refractivity contribution is 0.393. The minimum atomic E-state index is 0.479. The molecule has 0 aliphatic carbocycles. The molecule has 7 nitrogen and oxygen atoms in total. The second kappa shape index (κ2) is 7.66. The monoisotopic (exact) mass is 375 g/mol. The maximum absolute atomic E-state index is 5.77. The van der Waals surface area contributed by atoms with E-state index in [9.17, 15) is 0 Å². The van der Waals surface area contributed by atoms with Gasteiger partial charge in [0.2, 0.25) is 0 Å². The molecule has 4 rings (SSSR count). The van der Waals surface area contributed by atoms with Crippen LogP contribution in [0.1, 0.15) is 17.0 Å². The molecular formula is C21H21N5O2. The smallest absolute Gasteiger partial charge is 0.181 e. The van der Waals surface area contributed by atoms with E-state index in [0.717, 1.165) is 33.9 Å². The molecule has 2 N–H and O–H groups in total. The third-order valence-corrected chi connectivity index (χ3v) is 4.51. The lowest BCUT2D eigenvalue weighted by Gasteiger charge is -2.07. The van der Waals surface area contributed by atoms with Crippen molar-refractivity contribution in [3.05, 3.63) is 71.8 Å². The average molecular weight is 375 g/mol. The van der Waals surface area contributed by atoms with Crippen molar-refractivity contribution >= 4 is 5.65 Å². The molecule has 0 aliphatic heterocycles. The first kappa shape index (κ1) is 17.9. The molecule has 0 bridgehead atoms. The minimum absolute atomic E-state index is 0.479. The Bertz CT molecular complexity index is 1100. The van der Waals surface area contributed by atoms with Crippen molar-refractivity contribution in [3.63, 3.8) is 0 Å². The van der Waals surface area contributed by atoms with Gasteiger partial charge in [-0.25, -0.2) is 9.50 Å². The van der Waals surface area contributed by atoms with Crippen molar-refractivity contribution in [2.24, 2.45) is 5.73 Å². The van der Waals surface area contributed by atoms with Gasteiger partial charge >= 0.3 is 0 Å². The van der Waals surface area contributed by atoms with E-state index in [1.165, 1.54) is 0 Å². The summed E-state index contributed by atoms with van der Waals surface area (Å²) in [6.07, 6.45) is 4.08. The Balaban J connectivity index is 1.73. The van der Waals surface area contributed by atoms with Gasteiger partial charge in [0.15, 0.2) is 11.5 Å². The van der Waals surface area contributed by atoms with Crippen LogP contribution < -0.4 is 15.2 Å². The van der Waals surface area contributed by atoms with E-state index in [1.54, 1.807) is 31.1 Å². The molecule has 0 saturated carbocycles. The standard InChI is InChI=1S/C21H21N5O2/c1-27-17-9-15(10-18(12-17)28-2)11-19-24-21-20(23-6-7-26(21)25-19)16-5-3-4-14(8-16)13-22/h3-10,12H,11,13,22H2,1-2H3. The summed E-state index contributed by atoms with van der Waals surface area (Å²) in [7, 11) is 3.27. The van der Waals surface area contributed by atoms with Gasteiger partial charge in [0.25, 0.3) is 0 Å². The Morgan fingerprint density at radius 2 is 1.79 bits per heavy atom. The fraction of sp³-hybridized carbons (Fsp3) is 0.190. The second-order valence-electron chi connectivity index (χ2n) is 6.37. The number of fused-ring (bicyclic) bond motifs is 1. The molecule has 0 aliphatic rings. The number of hydrogen-bond acceptors (Lipinski definition) is 6. The zero-order valence-electron chi connectivity index (χ0n) is 15.8. The Morgan fingerprint density at radius 1 is 1.00 bits per heavy atom. The molecule has 2 aromatic carbocycles. The molecule has 0 radical (unpaired) electrons. The van der Waals surface area contributed by atoms with Gasteiger partial charge < -0.3 is 15.2 Å². The summed E-state index contributed by atoms with van der Waals surface area (Å²) in [5.41, 5.74) is 10.3. The van der Waals surface area contributed by atoms with E-state index in [2.05, 4.69) is 10.1 Å². The van der Waals surface area contributed by atoms with Crippen LogP contribution in [0, 0.1) is 0 Å². The first-order valence-corrected chi connectivity index (χ1v) is 8.91. The number of nitrogens with zero attached hydrogens (tertiary/aromatic N) is 4. The molecule has 28 heavy (non-hydrogen) atoms. The predicted molar refractivity (Wildman–Crippen MR) is 106 cm³/mol. The number of rotatable bonds is 6. The van der Waals surface area contributed by atoms with Gasteiger partial charge in [0, 0.05) is 37.0 Å². The number of nitrogens with two attached hydrogens (primary N) is 1. The van der Waals surface area contributed by atoms with Crippen molar-refractivity contribution in [1.29, 1.82) is 0 Å². The van der Waals surface area contributed by atoms with Gasteiger partial charge in [-0.2, -0.15) is 5.10 Å². The van der Waals surface area contributed by atoms with Gasteiger partial charge in [-0.1, -0.05) is 18.2 Å². The number of aromatic nitrogens is 4. The molecule has 0 spiro atoms. The van der Waals surface area contributed by atoms with Crippen LogP contribution in [-0.2, 0) is 13.0 Å². The number of benzene rings is 2. The van der Waals surface area contributed by atoms with E-state index in [1.807, 2.05) is 42.5 Å². The van der Waals surface area contributed by atoms with Crippen molar-refractivity contribution in [2.75, 3.05) is 14.2 Å². The third-order valence-electron chi connectivity index (χ3n) is 4.51. The highest BCUT2D eigenvalue weighted by atomic mass is 16.5. The molecule has 0 amide bonds. The van der Waals surface area contributed by atoms with E-state index in [-0.39, 0.29) is 0 Å². The van der Waals surface area contributed by atoms with Crippen LogP contribution in [0.2, 0.25) is 0 Å². The predicted octanol–water partition coefficient (Wildman–Crippen LogP) is 2.86. The van der Waals surface area contributed by atoms with Gasteiger partial charge in [-0.05, 0) is 29.3 Å². The quantitative estimate of drug-likeness (QED) is 0.558. The van der Waals surface area contributed by atoms with Crippen LogP contribution in [0.5, 0.6) is 11.5 Å².